The van der Waals surface area contributed by atoms with Crippen LogP contribution < -0.4 is 0 Å². The van der Waals surface area contributed by atoms with Gasteiger partial charge in [-0.2, -0.15) is 0 Å². The lowest BCUT2D eigenvalue weighted by molar-refractivity contribution is -0.247. The van der Waals surface area contributed by atoms with E-state index in [0.29, 0.717) is 0 Å². The van der Waals surface area contributed by atoms with Crippen molar-refractivity contribution in [1.29, 1.82) is 0 Å². The molecule has 26 rings (SSSR count). The minimum Gasteiger partial charge on any atom is -0.0626 e. The number of rotatable bonds is 0. The summed E-state index contributed by atoms with van der Waals surface area (Å²) in [6.45, 7) is 110. The number of benzene rings is 14. The first-order chi connectivity index (χ1) is 60.7. The molecule has 0 radical (unpaired) electrons. The highest BCUT2D eigenvalue weighted by atomic mass is 14.9. The van der Waals surface area contributed by atoms with Gasteiger partial charge in [0.15, 0.2) is 0 Å². The maximum Gasteiger partial charge on any atom is 0.0196 e. The zero-order valence-electron chi connectivity index (χ0n) is 90.2. The molecular weight excluding hydrogens is 1590 g/mol. The highest BCUT2D eigenvalue weighted by molar-refractivity contribution is 6.22. The van der Waals surface area contributed by atoms with E-state index in [1.165, 1.54) is 152 Å². The summed E-state index contributed by atoms with van der Waals surface area (Å²) in [5, 5.41) is 27.9. The van der Waals surface area contributed by atoms with Crippen LogP contribution in [0.15, 0.2) is 192 Å². The van der Waals surface area contributed by atoms with E-state index in [1.54, 1.807) is 66.8 Å². The maximum atomic E-state index is 2.62. The molecule has 8 bridgehead atoms. The Labute approximate surface area is 796 Å². The molecule has 14 aromatic rings. The minimum absolute atomic E-state index is 0.00380. The third kappa shape index (κ3) is 9.32. The molecule has 0 N–H and O–H groups in total. The van der Waals surface area contributed by atoms with Gasteiger partial charge in [0.1, 0.15) is 0 Å². The lowest BCUT2D eigenvalue weighted by atomic mass is 9.21. The Morgan fingerprint density at radius 2 is 0.371 bits per heavy atom. The van der Waals surface area contributed by atoms with Crippen LogP contribution in [0.4, 0.5) is 0 Å². The second-order valence-corrected chi connectivity index (χ2v) is 52.3. The van der Waals surface area contributed by atoms with Crippen molar-refractivity contribution < 1.29 is 0 Å². The third-order valence-corrected chi connectivity index (χ3v) is 49.2. The van der Waals surface area contributed by atoms with E-state index in [-0.39, 0.29) is 108 Å². The van der Waals surface area contributed by atoms with Crippen molar-refractivity contribution in [2.24, 2.45) is 65.0 Å². The Hall–Kier alpha value is -8.84. The van der Waals surface area contributed by atoms with Crippen LogP contribution >= 0.6 is 0 Å². The SMILES string of the molecule is CC1=C(C)C2(C)c3c(c(C)c4ccc5c6ccccc6ccc5c4c3C)C1(C)C(C)(C)C2(C)C.CC1=C(C)C2(C)c3cc4c(cc3C1(C)C(C)(C)C2(C)C)c(C)cc1c2ccccc2c(C)cc41.Cc1c2c(c(C)c3c1ccc1c4ccccc4ccc13)C1(C)C(C)(C)C(C)(C)C2(C)C(C)(C)C1(C)C.Cc1c2c(c(C)c3ccccc13)C1(C)C(C)(C)C(C)(C)C2(C)C(C)(C)C1(C)C. The van der Waals surface area contributed by atoms with Crippen molar-refractivity contribution >= 4 is 108 Å². The van der Waals surface area contributed by atoms with Crippen LogP contribution in [0.1, 0.15) is 338 Å². The van der Waals surface area contributed by atoms with E-state index in [1.807, 2.05) is 0 Å². The molecule has 0 aromatic heterocycles. The largest absolute Gasteiger partial charge is 0.0626 e. The molecule has 0 nitrogen and oxygen atoms in total. The first-order valence-electron chi connectivity index (χ1n) is 50.8. The van der Waals surface area contributed by atoms with Crippen molar-refractivity contribution in [3.8, 4) is 0 Å². The van der Waals surface area contributed by atoms with Crippen molar-refractivity contribution in [2.75, 3.05) is 0 Å². The molecule has 0 amide bonds. The lowest BCUT2D eigenvalue weighted by Crippen LogP contribution is -2.79. The fraction of sp³-hybridized carbons (Fsp3) is 0.485. The maximum absolute atomic E-state index is 2.62. The van der Waals surface area contributed by atoms with Crippen LogP contribution in [0.2, 0.25) is 0 Å². The van der Waals surface area contributed by atoms with Crippen LogP contribution in [0, 0.1) is 120 Å². The number of hydrogen-bond donors (Lipinski definition) is 0. The van der Waals surface area contributed by atoms with E-state index in [0.717, 1.165) is 0 Å². The summed E-state index contributed by atoms with van der Waals surface area (Å²) in [6.07, 6.45) is 0. The normalized spacial score (nSPS) is 29.1. The van der Waals surface area contributed by atoms with E-state index < -0.39 is 0 Å². The van der Waals surface area contributed by atoms with Gasteiger partial charge in [-0.25, -0.2) is 0 Å². The summed E-state index contributed by atoms with van der Waals surface area (Å²) in [7, 11) is 0. The summed E-state index contributed by atoms with van der Waals surface area (Å²) in [5.74, 6) is 0. The van der Waals surface area contributed by atoms with E-state index >= 15 is 0 Å². The van der Waals surface area contributed by atoms with Crippen molar-refractivity contribution in [2.45, 2.75) is 348 Å². The summed E-state index contributed by atoms with van der Waals surface area (Å²) in [6, 6.07) is 64.6. The predicted octanol–water partition coefficient (Wildman–Crippen LogP) is 37.9. The number of aryl methyl sites for hydroxylation is 8. The molecular formula is C132H160. The average molecular weight is 1750 g/mol. The number of hydrogen-bond acceptors (Lipinski definition) is 0. The first kappa shape index (κ1) is 92.2. The molecule has 0 aliphatic heterocycles. The van der Waals surface area contributed by atoms with Crippen LogP contribution in [0.25, 0.3) is 108 Å². The molecule has 2 saturated carbocycles. The van der Waals surface area contributed by atoms with E-state index in [9.17, 15) is 0 Å². The molecule has 0 spiro atoms. The molecule has 132 heavy (non-hydrogen) atoms. The Kier molecular flexibility index (Phi) is 18.7. The van der Waals surface area contributed by atoms with Gasteiger partial charge in [-0.05, 0) is 357 Å². The Morgan fingerprint density at radius 3 is 0.727 bits per heavy atom. The van der Waals surface area contributed by atoms with Gasteiger partial charge in [-0.15, -0.1) is 0 Å². The molecule has 4 unspecified atom stereocenters. The van der Waals surface area contributed by atoms with Gasteiger partial charge in [0.05, 0.1) is 0 Å². The van der Waals surface area contributed by atoms with E-state index in [4.69, 9.17) is 0 Å². The Balaban J connectivity index is 0.000000114. The quantitative estimate of drug-likeness (QED) is 0.105. The number of allylic oxidation sites excluding steroid dienone is 4. The fourth-order valence-electron chi connectivity index (χ4n) is 35.2. The van der Waals surface area contributed by atoms with Crippen LogP contribution in [0.3, 0.4) is 0 Å². The molecule has 0 heterocycles. The van der Waals surface area contributed by atoms with Gasteiger partial charge < -0.3 is 0 Å². The van der Waals surface area contributed by atoms with Crippen LogP contribution in [-0.2, 0) is 43.3 Å². The zero-order valence-corrected chi connectivity index (χ0v) is 90.2. The zero-order chi connectivity index (χ0) is 96.9. The predicted molar refractivity (Wildman–Crippen MR) is 580 cm³/mol. The molecule has 688 valence electrons. The summed E-state index contributed by atoms with van der Waals surface area (Å²) >= 11 is 0. The standard InChI is InChI=1S/C36H44.2C34H38.C28H40/c1-21-24-19-20-26-25-16-14-13-15-23(25)17-18-27(26)28(24)22(2)30-29(21)35(11)31(3,4)33(7,8)36(30,12)34(9,10)32(35,5)6;1-19-15-27-26(24-14-12-11-13-23(19)24)16-20(2)25-17-29-30(18-28(25)27)34(10)22(4)21(3)33(29,9)31(5,6)32(34,7)8;1-19-24-17-18-26-25-14-12-11-13-23(25)15-16-27(26)28(24)20(2)30-29(19)33(9)21(3)22(4)34(30,10)32(7,8)31(33,5)6;1-17-19-15-13-14-16-20(19)18(2)22-21(17)27(11)23(3,4)25(7,8)28(22,12)26(9,10)24(27,5)6/h13-20H,1-12H3;2*11-18H,1-10H3;13-16H,1-12H3. The van der Waals surface area contributed by atoms with Crippen molar-refractivity contribution in [3.05, 3.63) is 281 Å². The number of fused-ring (bicyclic) bond motifs is 22. The van der Waals surface area contributed by atoms with Gasteiger partial charge >= 0.3 is 0 Å². The topological polar surface area (TPSA) is 0 Å². The molecule has 2 fully saturated rings. The molecule has 14 aromatic carbocycles. The molecule has 12 aliphatic rings. The van der Waals surface area contributed by atoms with Gasteiger partial charge in [0.25, 0.3) is 0 Å². The molecule has 4 atom stereocenters. The molecule has 12 aliphatic carbocycles. The minimum atomic E-state index is -0.00424. The van der Waals surface area contributed by atoms with Crippen molar-refractivity contribution in [3.63, 3.8) is 0 Å². The Bertz CT molecular complexity index is 7500. The average Bonchev–Trinajstić information content (AvgIpc) is 0.672. The fourth-order valence-corrected chi connectivity index (χ4v) is 35.2. The van der Waals surface area contributed by atoms with Gasteiger partial charge in [-0.3, -0.25) is 0 Å². The van der Waals surface area contributed by atoms with Crippen LogP contribution in [-0.4, -0.2) is 0 Å². The highest BCUT2D eigenvalue weighted by Crippen LogP contribution is 2.87. The molecule has 0 heteroatoms. The summed E-state index contributed by atoms with van der Waals surface area (Å²) < 4.78 is 0. The van der Waals surface area contributed by atoms with Crippen molar-refractivity contribution in [1.82, 2.24) is 0 Å². The highest BCUT2D eigenvalue weighted by Gasteiger charge is 2.82. The Morgan fingerprint density at radius 1 is 0.152 bits per heavy atom. The van der Waals surface area contributed by atoms with Crippen LogP contribution in [0.5, 0.6) is 0 Å². The second-order valence-electron chi connectivity index (χ2n) is 52.3. The smallest absolute Gasteiger partial charge is 0.0196 e. The molecule has 0 saturated heterocycles. The summed E-state index contributed by atoms with van der Waals surface area (Å²) in [4.78, 5) is 0. The second kappa shape index (κ2) is 26.7. The third-order valence-electron chi connectivity index (χ3n) is 49.2. The van der Waals surface area contributed by atoms with Gasteiger partial charge in [0, 0.05) is 43.3 Å². The monoisotopic (exact) mass is 1750 g/mol. The van der Waals surface area contributed by atoms with E-state index in [2.05, 4.69) is 475 Å². The first-order valence-corrected chi connectivity index (χ1v) is 50.8. The lowest BCUT2D eigenvalue weighted by Gasteiger charge is -2.82. The van der Waals surface area contributed by atoms with Gasteiger partial charge in [-0.1, -0.05) is 402 Å². The summed E-state index contributed by atoms with van der Waals surface area (Å²) in [5.41, 5.74) is 32.8. The van der Waals surface area contributed by atoms with Gasteiger partial charge in [0.2, 0.25) is 0 Å².